The molecule has 7 nitrogen and oxygen atoms in total. The van der Waals surface area contributed by atoms with Crippen molar-refractivity contribution in [3.05, 3.63) is 75.9 Å². The van der Waals surface area contributed by atoms with Crippen LogP contribution in [0.25, 0.3) is 17.4 Å². The summed E-state index contributed by atoms with van der Waals surface area (Å²) in [5, 5.41) is 22.1. The van der Waals surface area contributed by atoms with Crippen LogP contribution >= 0.6 is 11.8 Å². The lowest BCUT2D eigenvalue weighted by Gasteiger charge is -2.02. The SMILES string of the molecule is Cc1ccc(N=C2NC(=O)/C(=C/c3ccc(-c4ccc(O)c(C(=O)O)c4)o3)S2)c(C)c1. The van der Waals surface area contributed by atoms with Gasteiger partial charge in [-0.2, -0.15) is 0 Å². The Labute approximate surface area is 182 Å². The minimum Gasteiger partial charge on any atom is -0.507 e. The molecule has 3 N–H and O–H groups in total. The number of benzene rings is 2. The van der Waals surface area contributed by atoms with E-state index in [1.165, 1.54) is 23.9 Å². The van der Waals surface area contributed by atoms with Crippen LogP contribution in [-0.4, -0.2) is 27.3 Å². The number of carbonyl (C=O) groups is 2. The number of carboxylic acids is 1. The lowest BCUT2D eigenvalue weighted by atomic mass is 10.1. The van der Waals surface area contributed by atoms with Crippen molar-refractivity contribution in [3.63, 3.8) is 0 Å². The molecule has 0 bridgehead atoms. The number of aromatic hydroxyl groups is 1. The molecule has 1 fully saturated rings. The lowest BCUT2D eigenvalue weighted by Crippen LogP contribution is -2.19. The first-order valence-corrected chi connectivity index (χ1v) is 10.1. The van der Waals surface area contributed by atoms with Gasteiger partial charge in [-0.1, -0.05) is 17.7 Å². The molecule has 2 aromatic carbocycles. The lowest BCUT2D eigenvalue weighted by molar-refractivity contribution is -0.115. The van der Waals surface area contributed by atoms with E-state index in [9.17, 15) is 14.7 Å². The summed E-state index contributed by atoms with van der Waals surface area (Å²) in [6.45, 7) is 3.98. The number of phenols is 1. The fourth-order valence-corrected chi connectivity index (χ4v) is 3.91. The Kier molecular flexibility index (Phi) is 5.39. The van der Waals surface area contributed by atoms with Gasteiger partial charge in [-0.3, -0.25) is 4.79 Å². The third kappa shape index (κ3) is 4.39. The number of nitrogens with zero attached hydrogens (tertiary/aromatic N) is 1. The standard InChI is InChI=1S/C23H18N2O5S/c1-12-3-6-17(13(2)9-12)24-23-25-21(27)20(31-23)11-15-5-8-19(30-15)14-4-7-18(26)16(10-14)22(28)29/h3-11,26H,1-2H3,(H,28,29)(H,24,25,27)/b20-11-. The zero-order valence-electron chi connectivity index (χ0n) is 16.7. The highest BCUT2D eigenvalue weighted by Gasteiger charge is 2.24. The molecule has 0 atom stereocenters. The molecule has 156 valence electrons. The van der Waals surface area contributed by atoms with Crippen molar-refractivity contribution < 1.29 is 24.2 Å². The number of rotatable bonds is 4. The van der Waals surface area contributed by atoms with Crippen LogP contribution in [0.3, 0.4) is 0 Å². The van der Waals surface area contributed by atoms with Crippen LogP contribution in [-0.2, 0) is 4.79 Å². The maximum atomic E-state index is 12.3. The topological polar surface area (TPSA) is 112 Å². The van der Waals surface area contributed by atoms with E-state index in [2.05, 4.69) is 10.3 Å². The Morgan fingerprint density at radius 1 is 1.13 bits per heavy atom. The molecular weight excluding hydrogens is 416 g/mol. The molecule has 1 aromatic heterocycles. The van der Waals surface area contributed by atoms with E-state index in [1.54, 1.807) is 24.3 Å². The molecule has 0 saturated carbocycles. The maximum absolute atomic E-state index is 12.3. The first-order valence-electron chi connectivity index (χ1n) is 9.33. The average molecular weight is 434 g/mol. The van der Waals surface area contributed by atoms with Crippen LogP contribution in [0.4, 0.5) is 5.69 Å². The quantitative estimate of drug-likeness (QED) is 0.506. The van der Waals surface area contributed by atoms with Crippen molar-refractivity contribution in [2.45, 2.75) is 13.8 Å². The number of aryl methyl sites for hydroxylation is 2. The fourth-order valence-electron chi connectivity index (χ4n) is 3.10. The third-order valence-electron chi connectivity index (χ3n) is 4.64. The smallest absolute Gasteiger partial charge is 0.339 e. The summed E-state index contributed by atoms with van der Waals surface area (Å²) in [6, 6.07) is 13.5. The molecule has 0 unspecified atom stereocenters. The van der Waals surface area contributed by atoms with Gasteiger partial charge in [-0.15, -0.1) is 0 Å². The third-order valence-corrected chi connectivity index (χ3v) is 5.55. The molecule has 3 aromatic rings. The van der Waals surface area contributed by atoms with Crippen LogP contribution < -0.4 is 5.32 Å². The van der Waals surface area contributed by atoms with Crippen molar-refractivity contribution in [1.29, 1.82) is 0 Å². The van der Waals surface area contributed by atoms with Crippen LogP contribution in [0.5, 0.6) is 5.75 Å². The molecule has 1 amide bonds. The van der Waals surface area contributed by atoms with Crippen molar-refractivity contribution in [2.24, 2.45) is 4.99 Å². The van der Waals surface area contributed by atoms with E-state index in [0.29, 0.717) is 27.2 Å². The van der Waals surface area contributed by atoms with Gasteiger partial charge in [0.05, 0.1) is 10.6 Å². The van der Waals surface area contributed by atoms with Crippen molar-refractivity contribution in [1.82, 2.24) is 5.32 Å². The van der Waals surface area contributed by atoms with E-state index >= 15 is 0 Å². The molecule has 0 spiro atoms. The number of furan rings is 1. The Morgan fingerprint density at radius 3 is 2.68 bits per heavy atom. The van der Waals surface area contributed by atoms with E-state index in [0.717, 1.165) is 16.8 Å². The highest BCUT2D eigenvalue weighted by molar-refractivity contribution is 8.18. The van der Waals surface area contributed by atoms with Gasteiger partial charge in [-0.25, -0.2) is 9.79 Å². The minimum absolute atomic E-state index is 0.216. The van der Waals surface area contributed by atoms with Crippen molar-refractivity contribution >= 4 is 40.6 Å². The molecule has 2 heterocycles. The van der Waals surface area contributed by atoms with Gasteiger partial charge in [0.1, 0.15) is 22.8 Å². The summed E-state index contributed by atoms with van der Waals surface area (Å²) in [5.74, 6) is -0.973. The number of amides is 1. The zero-order chi connectivity index (χ0) is 22.1. The summed E-state index contributed by atoms with van der Waals surface area (Å²) in [6.07, 6.45) is 1.60. The summed E-state index contributed by atoms with van der Waals surface area (Å²) < 4.78 is 5.76. The van der Waals surface area contributed by atoms with Crippen LogP contribution in [0.1, 0.15) is 27.2 Å². The van der Waals surface area contributed by atoms with Gasteiger partial charge in [0, 0.05) is 11.6 Å². The molecule has 1 saturated heterocycles. The zero-order valence-corrected chi connectivity index (χ0v) is 17.5. The van der Waals surface area contributed by atoms with Crippen LogP contribution in [0.2, 0.25) is 0 Å². The second-order valence-electron chi connectivity index (χ2n) is 7.01. The molecule has 8 heteroatoms. The summed E-state index contributed by atoms with van der Waals surface area (Å²) in [7, 11) is 0. The summed E-state index contributed by atoms with van der Waals surface area (Å²) >= 11 is 1.21. The van der Waals surface area contributed by atoms with Crippen LogP contribution in [0, 0.1) is 13.8 Å². The number of thioether (sulfide) groups is 1. The second-order valence-corrected chi connectivity index (χ2v) is 8.04. The number of nitrogens with one attached hydrogen (secondary N) is 1. The molecule has 4 rings (SSSR count). The van der Waals surface area contributed by atoms with Gasteiger partial charge in [-0.05, 0) is 67.6 Å². The van der Waals surface area contributed by atoms with Gasteiger partial charge >= 0.3 is 5.97 Å². The van der Waals surface area contributed by atoms with Gasteiger partial charge in [0.25, 0.3) is 5.91 Å². The Morgan fingerprint density at radius 2 is 1.94 bits per heavy atom. The Balaban J connectivity index is 1.57. The summed E-state index contributed by atoms with van der Waals surface area (Å²) in [5.41, 5.74) is 3.23. The molecular formula is C23H18N2O5S. The molecule has 31 heavy (non-hydrogen) atoms. The molecule has 0 radical (unpaired) electrons. The average Bonchev–Trinajstić information content (AvgIpc) is 3.31. The van der Waals surface area contributed by atoms with Crippen molar-refractivity contribution in [3.8, 4) is 17.1 Å². The van der Waals surface area contributed by atoms with Crippen LogP contribution in [0.15, 0.2) is 62.8 Å². The summed E-state index contributed by atoms with van der Waals surface area (Å²) in [4.78, 5) is 28.5. The molecule has 1 aliphatic rings. The second kappa shape index (κ2) is 8.16. The van der Waals surface area contributed by atoms with E-state index in [4.69, 9.17) is 9.52 Å². The number of carbonyl (C=O) groups excluding carboxylic acids is 1. The van der Waals surface area contributed by atoms with E-state index in [-0.39, 0.29) is 17.2 Å². The molecule has 1 aliphatic heterocycles. The van der Waals surface area contributed by atoms with Gasteiger partial charge < -0.3 is 19.9 Å². The highest BCUT2D eigenvalue weighted by Crippen LogP contribution is 2.32. The highest BCUT2D eigenvalue weighted by atomic mass is 32.2. The molecule has 0 aliphatic carbocycles. The Bertz CT molecular complexity index is 1270. The number of hydrogen-bond acceptors (Lipinski definition) is 6. The number of aromatic carboxylic acids is 1. The predicted molar refractivity (Wildman–Crippen MR) is 119 cm³/mol. The monoisotopic (exact) mass is 434 g/mol. The van der Waals surface area contributed by atoms with Gasteiger partial charge in [0.15, 0.2) is 5.17 Å². The number of amidine groups is 1. The fraction of sp³-hybridized carbons (Fsp3) is 0.0870. The first-order chi connectivity index (χ1) is 14.8. The number of aliphatic imine (C=N–C) groups is 1. The largest absolute Gasteiger partial charge is 0.507 e. The maximum Gasteiger partial charge on any atom is 0.339 e. The first kappa shape index (κ1) is 20.5. The van der Waals surface area contributed by atoms with Crippen molar-refractivity contribution in [2.75, 3.05) is 0 Å². The van der Waals surface area contributed by atoms with Gasteiger partial charge in [0.2, 0.25) is 0 Å². The normalized spacial score (nSPS) is 16.1. The number of hydrogen-bond donors (Lipinski definition) is 3. The predicted octanol–water partition coefficient (Wildman–Crippen LogP) is 4.86. The minimum atomic E-state index is -1.23. The van der Waals surface area contributed by atoms with E-state index < -0.39 is 5.97 Å². The Hall–Kier alpha value is -3.78. The van der Waals surface area contributed by atoms with E-state index in [1.807, 2.05) is 32.0 Å². The number of carboxylic acid groups (broad SMARTS) is 1.